The second-order valence-electron chi connectivity index (χ2n) is 11.0. The van der Waals surface area contributed by atoms with Crippen LogP contribution < -0.4 is 20.4 Å². The van der Waals surface area contributed by atoms with E-state index in [0.29, 0.717) is 63.9 Å². The number of imidazole rings is 1. The van der Waals surface area contributed by atoms with Crippen LogP contribution in [0.2, 0.25) is 0 Å². The fraction of sp³-hybridized carbons (Fsp3) is 0.600. The first kappa shape index (κ1) is 28.7. The van der Waals surface area contributed by atoms with Crippen molar-refractivity contribution in [3.05, 3.63) is 12.4 Å². The molecule has 5 heterocycles. The molecule has 222 valence electrons. The number of hydrogen-bond donors (Lipinski definition) is 2. The van der Waals surface area contributed by atoms with Crippen LogP contribution in [0, 0.1) is 5.41 Å². The Morgan fingerprint density at radius 2 is 1.71 bits per heavy atom. The number of nitrogens with one attached hydrogen (secondary N) is 2. The van der Waals surface area contributed by atoms with Crippen molar-refractivity contribution in [2.45, 2.75) is 33.5 Å². The van der Waals surface area contributed by atoms with Gasteiger partial charge in [0, 0.05) is 51.7 Å². The first-order valence-electron chi connectivity index (χ1n) is 13.4. The van der Waals surface area contributed by atoms with Crippen LogP contribution in [0.25, 0.3) is 22.6 Å². The lowest BCUT2D eigenvalue weighted by molar-refractivity contribution is -0.139. The van der Waals surface area contributed by atoms with E-state index in [1.54, 1.807) is 0 Å². The fourth-order valence-corrected chi connectivity index (χ4v) is 4.45. The Morgan fingerprint density at radius 1 is 1.02 bits per heavy atom. The number of aromatic nitrogens is 6. The fourth-order valence-electron chi connectivity index (χ4n) is 4.45. The molecule has 16 heteroatoms. The molecular weight excluding hydrogens is 545 g/mol. The number of anilines is 3. The maximum Gasteiger partial charge on any atom is 0.414 e. The van der Waals surface area contributed by atoms with Gasteiger partial charge in [-0.2, -0.15) is 13.2 Å². The smallest absolute Gasteiger partial charge is 0.414 e. The Bertz CT molecular complexity index is 1360. The van der Waals surface area contributed by atoms with E-state index in [4.69, 9.17) is 14.5 Å². The van der Waals surface area contributed by atoms with Gasteiger partial charge in [-0.25, -0.2) is 29.7 Å². The summed E-state index contributed by atoms with van der Waals surface area (Å²) in [6.45, 7) is 8.91. The number of rotatable bonds is 6. The van der Waals surface area contributed by atoms with Crippen LogP contribution in [-0.2, 0) is 16.0 Å². The molecule has 41 heavy (non-hydrogen) atoms. The molecular formula is C25H33F3N10O3. The number of nitrogens with zero attached hydrogens (tertiary/aromatic N) is 8. The number of hydrogen-bond acceptors (Lipinski definition) is 11. The van der Waals surface area contributed by atoms with Gasteiger partial charge in [-0.1, -0.05) is 20.8 Å². The number of morpholine rings is 1. The predicted molar refractivity (Wildman–Crippen MR) is 145 cm³/mol. The van der Waals surface area contributed by atoms with Gasteiger partial charge in [0.25, 0.3) is 0 Å². The zero-order chi connectivity index (χ0) is 29.2. The lowest BCUT2D eigenvalue weighted by atomic mass is 9.99. The van der Waals surface area contributed by atoms with E-state index in [1.807, 2.05) is 30.6 Å². The van der Waals surface area contributed by atoms with Crippen LogP contribution in [0.1, 0.15) is 20.8 Å². The number of halogens is 3. The summed E-state index contributed by atoms with van der Waals surface area (Å²) in [4.78, 5) is 38.1. The van der Waals surface area contributed by atoms with Crippen LogP contribution in [0.3, 0.4) is 0 Å². The highest BCUT2D eigenvalue weighted by atomic mass is 19.4. The topological polar surface area (TPSA) is 135 Å². The van der Waals surface area contributed by atoms with E-state index < -0.39 is 18.8 Å². The molecule has 13 nitrogen and oxygen atoms in total. The molecule has 0 aromatic carbocycles. The van der Waals surface area contributed by atoms with Gasteiger partial charge in [0.05, 0.1) is 25.4 Å². The minimum absolute atomic E-state index is 0.00486. The highest BCUT2D eigenvalue weighted by Crippen LogP contribution is 2.33. The Morgan fingerprint density at radius 3 is 2.34 bits per heavy atom. The number of carbonyl (C=O) groups is 1. The molecule has 2 N–H and O–H groups in total. The molecule has 1 amide bonds. The first-order valence-corrected chi connectivity index (χ1v) is 13.4. The molecule has 5 rings (SSSR count). The van der Waals surface area contributed by atoms with E-state index in [-0.39, 0.29) is 40.9 Å². The summed E-state index contributed by atoms with van der Waals surface area (Å²) in [5.41, 5.74) is 0.502. The quantitative estimate of drug-likeness (QED) is 0.447. The van der Waals surface area contributed by atoms with E-state index >= 15 is 0 Å². The third-order valence-electron chi connectivity index (χ3n) is 6.36. The Balaban J connectivity index is 1.53. The maximum absolute atomic E-state index is 13.8. The van der Waals surface area contributed by atoms with Crippen LogP contribution in [-0.4, -0.2) is 101 Å². The molecule has 0 saturated carbocycles. The minimum Gasteiger partial charge on any atom is -0.449 e. The molecule has 0 spiro atoms. The van der Waals surface area contributed by atoms with Crippen LogP contribution in [0.4, 0.5) is 35.7 Å². The highest BCUT2D eigenvalue weighted by Gasteiger charge is 2.34. The largest absolute Gasteiger partial charge is 0.449 e. The van der Waals surface area contributed by atoms with Gasteiger partial charge in [-0.05, 0) is 5.41 Å². The van der Waals surface area contributed by atoms with Crippen molar-refractivity contribution in [3.8, 4) is 11.4 Å². The minimum atomic E-state index is -4.50. The van der Waals surface area contributed by atoms with Crippen molar-refractivity contribution < 1.29 is 27.4 Å². The Hall–Kier alpha value is -3.79. The summed E-state index contributed by atoms with van der Waals surface area (Å²) in [6.07, 6.45) is -2.40. The molecule has 2 fully saturated rings. The molecule has 0 aliphatic carbocycles. The van der Waals surface area contributed by atoms with E-state index in [1.165, 1.54) is 12.4 Å². The molecule has 0 atom stereocenters. The summed E-state index contributed by atoms with van der Waals surface area (Å²) in [6, 6.07) is 0. The number of alkyl halides is 3. The monoisotopic (exact) mass is 578 g/mol. The SMILES string of the molecule is CC(C)(C)COC(=O)Nc1ncc(-c2nc(N3CCOCC3)c3nc(N4CCNCC4)n(CC(F)(F)F)c3n2)cn1. The molecule has 2 aliphatic heterocycles. The lowest BCUT2D eigenvalue weighted by Crippen LogP contribution is -2.45. The number of piperazine rings is 1. The number of carbonyl (C=O) groups excluding carboxylic acids is 1. The third kappa shape index (κ3) is 7.11. The average Bonchev–Trinajstić information content (AvgIpc) is 3.29. The van der Waals surface area contributed by atoms with Gasteiger partial charge < -0.3 is 24.6 Å². The lowest BCUT2D eigenvalue weighted by Gasteiger charge is -2.28. The summed E-state index contributed by atoms with van der Waals surface area (Å²) in [5.74, 6) is 0.754. The molecule has 0 unspecified atom stereocenters. The summed E-state index contributed by atoms with van der Waals surface area (Å²) >= 11 is 0. The third-order valence-corrected chi connectivity index (χ3v) is 6.36. The normalized spacial score (nSPS) is 16.7. The van der Waals surface area contributed by atoms with Gasteiger partial charge in [0.1, 0.15) is 6.54 Å². The number of fused-ring (bicyclic) bond motifs is 1. The predicted octanol–water partition coefficient (Wildman–Crippen LogP) is 2.69. The van der Waals surface area contributed by atoms with E-state index in [2.05, 4.69) is 30.6 Å². The summed E-state index contributed by atoms with van der Waals surface area (Å²) in [7, 11) is 0. The van der Waals surface area contributed by atoms with Crippen molar-refractivity contribution >= 4 is 35.0 Å². The van der Waals surface area contributed by atoms with E-state index in [9.17, 15) is 18.0 Å². The van der Waals surface area contributed by atoms with Gasteiger partial charge in [-0.15, -0.1) is 0 Å². The average molecular weight is 579 g/mol. The van der Waals surface area contributed by atoms with Crippen LogP contribution in [0.5, 0.6) is 0 Å². The van der Waals surface area contributed by atoms with Gasteiger partial charge in [-0.3, -0.25) is 9.88 Å². The Labute approximate surface area is 234 Å². The van der Waals surface area contributed by atoms with Crippen molar-refractivity contribution in [2.24, 2.45) is 5.41 Å². The van der Waals surface area contributed by atoms with Crippen LogP contribution in [0.15, 0.2) is 12.4 Å². The van der Waals surface area contributed by atoms with Crippen LogP contribution >= 0.6 is 0 Å². The second kappa shape index (κ2) is 11.6. The maximum atomic E-state index is 13.8. The first-order chi connectivity index (χ1) is 19.5. The zero-order valence-electron chi connectivity index (χ0n) is 23.2. The molecule has 2 saturated heterocycles. The van der Waals surface area contributed by atoms with Crippen molar-refractivity contribution in [1.82, 2.24) is 34.8 Å². The zero-order valence-corrected chi connectivity index (χ0v) is 23.2. The van der Waals surface area contributed by atoms with Gasteiger partial charge >= 0.3 is 12.3 Å². The number of ether oxygens (including phenoxy) is 2. The molecule has 0 bridgehead atoms. The Kier molecular flexibility index (Phi) is 8.13. The molecule has 2 aliphatic rings. The molecule has 3 aromatic heterocycles. The summed E-state index contributed by atoms with van der Waals surface area (Å²) < 4.78 is 53.3. The number of amides is 1. The molecule has 0 radical (unpaired) electrons. The van der Waals surface area contributed by atoms with Crippen molar-refractivity contribution in [2.75, 3.05) is 74.2 Å². The standard InChI is InChI=1S/C25H33F3N10O3/c1-24(2,3)15-41-23(39)35-21-30-12-16(13-31-21)18-33-19(36-8-10-40-11-9-36)17-20(34-18)38(14-25(26,27)28)22(32-17)37-6-4-29-5-7-37/h12-13,29H,4-11,14-15H2,1-3H3,(H,30,31,35,39). The highest BCUT2D eigenvalue weighted by molar-refractivity contribution is 5.88. The molecule has 3 aromatic rings. The van der Waals surface area contributed by atoms with Crippen molar-refractivity contribution in [1.29, 1.82) is 0 Å². The van der Waals surface area contributed by atoms with Gasteiger partial charge in [0.2, 0.25) is 11.9 Å². The summed E-state index contributed by atoms with van der Waals surface area (Å²) in [5, 5.41) is 5.67. The van der Waals surface area contributed by atoms with Crippen molar-refractivity contribution in [3.63, 3.8) is 0 Å². The van der Waals surface area contributed by atoms with E-state index in [0.717, 1.165) is 4.57 Å². The second-order valence-corrected chi connectivity index (χ2v) is 11.0. The van der Waals surface area contributed by atoms with Gasteiger partial charge in [0.15, 0.2) is 22.8 Å².